The highest BCUT2D eigenvalue weighted by molar-refractivity contribution is 5.64. The van der Waals surface area contributed by atoms with E-state index < -0.39 is 5.23 Å². The Balaban J connectivity index is 2.22. The van der Waals surface area contributed by atoms with Crippen LogP contribution in [-0.2, 0) is 4.84 Å². The van der Waals surface area contributed by atoms with Crippen LogP contribution < -0.4 is 5.23 Å². The summed E-state index contributed by atoms with van der Waals surface area (Å²) < 4.78 is 0. The van der Waals surface area contributed by atoms with Gasteiger partial charge in [-0.2, -0.15) is 0 Å². The fourth-order valence-corrected chi connectivity index (χ4v) is 1.54. The molecule has 0 aromatic heterocycles. The van der Waals surface area contributed by atoms with Gasteiger partial charge in [0.1, 0.15) is 0 Å². The predicted octanol–water partition coefficient (Wildman–Crippen LogP) is 1.89. The molecule has 0 saturated heterocycles. The summed E-state index contributed by atoms with van der Waals surface area (Å²) in [7, 11) is 0. The number of quaternary nitrogens is 1. The molecule has 3 heteroatoms. The van der Waals surface area contributed by atoms with E-state index in [1.165, 1.54) is 0 Å². The van der Waals surface area contributed by atoms with Crippen LogP contribution in [0, 0.1) is 17.7 Å². The first kappa shape index (κ1) is 11.2. The van der Waals surface area contributed by atoms with Crippen molar-refractivity contribution in [2.45, 2.75) is 0 Å². The molecule has 0 spiro atoms. The first-order valence-corrected chi connectivity index (χ1v) is 5.13. The Morgan fingerprint density at radius 2 is 1.53 bits per heavy atom. The van der Waals surface area contributed by atoms with Gasteiger partial charge >= 0.3 is 0 Å². The molecule has 0 aliphatic carbocycles. The maximum atomic E-state index is 11.3. The molecule has 1 N–H and O–H groups in total. The molecular weight excluding hydrogens is 214 g/mol. The smallest absolute Gasteiger partial charge is 0.181 e. The van der Waals surface area contributed by atoms with Crippen molar-refractivity contribution in [1.82, 2.24) is 0 Å². The van der Waals surface area contributed by atoms with Crippen LogP contribution in [-0.4, -0.2) is 0 Å². The molecule has 17 heavy (non-hydrogen) atoms. The van der Waals surface area contributed by atoms with Crippen LogP contribution in [0.1, 0.15) is 0 Å². The van der Waals surface area contributed by atoms with Gasteiger partial charge in [0.25, 0.3) is 0 Å². The topological polar surface area (TPSA) is 36.7 Å². The van der Waals surface area contributed by atoms with Crippen LogP contribution in [0.25, 0.3) is 11.1 Å². The van der Waals surface area contributed by atoms with E-state index in [4.69, 9.17) is 6.42 Å². The van der Waals surface area contributed by atoms with Gasteiger partial charge in [-0.15, -0.1) is 5.23 Å². The normalized spacial score (nSPS) is 11.5. The molecule has 0 bridgehead atoms. The minimum atomic E-state index is -0.507. The second kappa shape index (κ2) is 5.17. The molecule has 0 aliphatic rings. The van der Waals surface area contributed by atoms with Crippen LogP contribution in [0.15, 0.2) is 54.6 Å². The van der Waals surface area contributed by atoms with Crippen molar-refractivity contribution in [2.75, 3.05) is 0 Å². The highest BCUT2D eigenvalue weighted by Crippen LogP contribution is 2.19. The van der Waals surface area contributed by atoms with Gasteiger partial charge in [0, 0.05) is 12.1 Å². The molecular formula is C14H11NO2. The zero-order chi connectivity index (χ0) is 12.1. The molecule has 0 heterocycles. The Kier molecular flexibility index (Phi) is 3.41. The number of terminal acetylenes is 1. The third-order valence-corrected chi connectivity index (χ3v) is 2.38. The van der Waals surface area contributed by atoms with E-state index in [0.717, 1.165) is 11.1 Å². The zero-order valence-corrected chi connectivity index (χ0v) is 9.09. The Morgan fingerprint density at radius 1 is 0.941 bits per heavy atom. The molecule has 84 valence electrons. The molecule has 2 aromatic carbocycles. The third kappa shape index (κ3) is 2.64. The molecule has 0 fully saturated rings. The average molecular weight is 225 g/mol. The zero-order valence-electron chi connectivity index (χ0n) is 9.09. The van der Waals surface area contributed by atoms with Gasteiger partial charge in [0.2, 0.25) is 0 Å². The molecule has 3 nitrogen and oxygen atoms in total. The van der Waals surface area contributed by atoms with Crippen molar-refractivity contribution in [3.05, 3.63) is 59.8 Å². The van der Waals surface area contributed by atoms with Gasteiger partial charge in [-0.25, -0.2) is 0 Å². The average Bonchev–Trinajstić information content (AvgIpc) is 2.40. The second-order valence-corrected chi connectivity index (χ2v) is 3.45. The lowest BCUT2D eigenvalue weighted by molar-refractivity contribution is -0.980. The first-order valence-electron chi connectivity index (χ1n) is 5.13. The van der Waals surface area contributed by atoms with Crippen molar-refractivity contribution in [1.29, 1.82) is 0 Å². The predicted molar refractivity (Wildman–Crippen MR) is 65.8 cm³/mol. The Bertz CT molecular complexity index is 514. The number of hydrogen-bond acceptors (Lipinski definition) is 2. The maximum absolute atomic E-state index is 11.3. The van der Waals surface area contributed by atoms with Crippen molar-refractivity contribution >= 4 is 5.69 Å². The van der Waals surface area contributed by atoms with Gasteiger partial charge in [-0.1, -0.05) is 36.8 Å². The number of benzene rings is 2. The van der Waals surface area contributed by atoms with E-state index >= 15 is 0 Å². The minimum absolute atomic E-state index is 0.447. The molecule has 0 radical (unpaired) electrons. The van der Waals surface area contributed by atoms with E-state index in [2.05, 4.69) is 4.84 Å². The standard InChI is InChI=1S/C14H11NO2/c1-2-17-15(16)14-10-8-13(9-11-14)12-6-4-3-5-7-12/h1,3-11,15H. The van der Waals surface area contributed by atoms with Crippen molar-refractivity contribution in [2.24, 2.45) is 0 Å². The van der Waals surface area contributed by atoms with Crippen molar-refractivity contribution in [3.8, 4) is 23.7 Å². The van der Waals surface area contributed by atoms with Gasteiger partial charge < -0.3 is 5.21 Å². The first-order chi connectivity index (χ1) is 8.31. The highest BCUT2D eigenvalue weighted by atomic mass is 16.9. The van der Waals surface area contributed by atoms with Crippen LogP contribution in [0.2, 0.25) is 0 Å². The highest BCUT2D eigenvalue weighted by Gasteiger charge is 2.03. The minimum Gasteiger partial charge on any atom is -0.585 e. The van der Waals surface area contributed by atoms with Crippen LogP contribution in [0.5, 0.6) is 0 Å². The van der Waals surface area contributed by atoms with E-state index in [9.17, 15) is 5.21 Å². The Labute approximate surface area is 99.8 Å². The van der Waals surface area contributed by atoms with E-state index in [-0.39, 0.29) is 0 Å². The lowest BCUT2D eigenvalue weighted by atomic mass is 10.1. The van der Waals surface area contributed by atoms with E-state index in [1.54, 1.807) is 12.1 Å². The van der Waals surface area contributed by atoms with Gasteiger partial charge in [-0.05, 0) is 23.3 Å². The van der Waals surface area contributed by atoms with Crippen molar-refractivity contribution < 1.29 is 10.1 Å². The summed E-state index contributed by atoms with van der Waals surface area (Å²) >= 11 is 0. The number of nitrogens with one attached hydrogen (secondary N) is 1. The molecule has 0 aliphatic heterocycles. The molecule has 0 saturated carbocycles. The number of rotatable bonds is 3. The molecule has 0 amide bonds. The fourth-order valence-electron chi connectivity index (χ4n) is 1.54. The summed E-state index contributed by atoms with van der Waals surface area (Å²) in [4.78, 5) is 4.46. The molecule has 2 aromatic rings. The van der Waals surface area contributed by atoms with Crippen LogP contribution in [0.4, 0.5) is 5.69 Å². The summed E-state index contributed by atoms with van der Waals surface area (Å²) in [5, 5.41) is 10.8. The van der Waals surface area contributed by atoms with E-state index in [0.29, 0.717) is 5.69 Å². The summed E-state index contributed by atoms with van der Waals surface area (Å²) in [6, 6.07) is 17.0. The molecule has 1 atom stereocenters. The lowest BCUT2D eigenvalue weighted by Crippen LogP contribution is -3.00. The van der Waals surface area contributed by atoms with Gasteiger partial charge in [-0.3, -0.25) is 4.84 Å². The van der Waals surface area contributed by atoms with Crippen molar-refractivity contribution in [3.63, 3.8) is 0 Å². The summed E-state index contributed by atoms with van der Waals surface area (Å²) in [6.45, 7) is 0. The number of hydrogen-bond donors (Lipinski definition) is 1. The Hall–Kier alpha value is -2.28. The van der Waals surface area contributed by atoms with Gasteiger partial charge in [0.05, 0.1) is 0 Å². The van der Waals surface area contributed by atoms with Crippen LogP contribution in [0.3, 0.4) is 0 Å². The maximum Gasteiger partial charge on any atom is 0.181 e. The quantitative estimate of drug-likeness (QED) is 0.639. The molecule has 1 unspecified atom stereocenters. The molecule has 2 rings (SSSR count). The summed E-state index contributed by atoms with van der Waals surface area (Å²) in [5.41, 5.74) is 2.59. The third-order valence-electron chi connectivity index (χ3n) is 2.38. The summed E-state index contributed by atoms with van der Waals surface area (Å²) in [6.07, 6.45) is 6.76. The van der Waals surface area contributed by atoms with E-state index in [1.807, 2.05) is 48.6 Å². The fraction of sp³-hybridized carbons (Fsp3) is 0. The lowest BCUT2D eigenvalue weighted by Gasteiger charge is -2.15. The SMILES string of the molecule is C#CO[NH+]([O-])c1ccc(-c2ccccc2)cc1. The Morgan fingerprint density at radius 3 is 2.12 bits per heavy atom. The second-order valence-electron chi connectivity index (χ2n) is 3.45. The summed E-state index contributed by atoms with van der Waals surface area (Å²) in [5.74, 6) is 0. The van der Waals surface area contributed by atoms with Crippen LogP contribution >= 0.6 is 0 Å². The monoisotopic (exact) mass is 225 g/mol. The largest absolute Gasteiger partial charge is 0.585 e. The van der Waals surface area contributed by atoms with Gasteiger partial charge in [0.15, 0.2) is 11.8 Å².